The minimum absolute atomic E-state index is 0.0601. The molecule has 2 heterocycles. The van der Waals surface area contributed by atoms with Crippen LogP contribution in [0.15, 0.2) is 42.7 Å². The van der Waals surface area contributed by atoms with Gasteiger partial charge in [-0.3, -0.25) is 14.6 Å². The molecule has 0 saturated heterocycles. The topological polar surface area (TPSA) is 73.1 Å². The summed E-state index contributed by atoms with van der Waals surface area (Å²) < 4.78 is 28.1. The van der Waals surface area contributed by atoms with E-state index in [1.807, 2.05) is 0 Å². The predicted molar refractivity (Wildman–Crippen MR) is 87.8 cm³/mol. The fraction of sp³-hybridized carbons (Fsp3) is 0.176. The van der Waals surface area contributed by atoms with Crippen molar-refractivity contribution in [2.24, 2.45) is 0 Å². The van der Waals surface area contributed by atoms with Crippen molar-refractivity contribution in [3.63, 3.8) is 0 Å². The molecule has 0 fully saturated rings. The van der Waals surface area contributed by atoms with Gasteiger partial charge in [-0.15, -0.1) is 5.10 Å². The Morgan fingerprint density at radius 3 is 2.73 bits per heavy atom. The average molecular weight is 359 g/mol. The first-order valence-corrected chi connectivity index (χ1v) is 7.61. The van der Waals surface area contributed by atoms with Crippen molar-refractivity contribution in [2.45, 2.75) is 6.54 Å². The van der Waals surface area contributed by atoms with Crippen molar-refractivity contribution >= 4 is 5.91 Å². The highest BCUT2D eigenvalue weighted by Crippen LogP contribution is 2.23. The molecule has 0 atom stereocenters. The quantitative estimate of drug-likeness (QED) is 0.654. The van der Waals surface area contributed by atoms with Gasteiger partial charge in [0.15, 0.2) is 17.3 Å². The van der Waals surface area contributed by atoms with E-state index in [2.05, 4.69) is 15.3 Å². The maximum absolute atomic E-state index is 13.5. The van der Waals surface area contributed by atoms with Gasteiger partial charge in [0.05, 0.1) is 13.7 Å². The summed E-state index contributed by atoms with van der Waals surface area (Å²) in [5.74, 6) is -2.39. The number of pyridine rings is 1. The molecule has 9 heteroatoms. The van der Waals surface area contributed by atoms with E-state index >= 15 is 0 Å². The Morgan fingerprint density at radius 1 is 1.27 bits per heavy atom. The average Bonchev–Trinajstić information content (AvgIpc) is 3.07. The number of halogens is 2. The largest absolute Gasteiger partial charge is 0.299 e. The van der Waals surface area contributed by atoms with Crippen molar-refractivity contribution < 1.29 is 18.4 Å². The van der Waals surface area contributed by atoms with Crippen molar-refractivity contribution in [3.8, 4) is 11.3 Å². The standard InChI is InChI=1S/C17H15F2N5O2/c1-23(26-2)17(25)15-16(12-4-3-7-20-9-12)24(22-21-15)10-11-5-6-13(18)14(19)8-11/h3-9H,10H2,1-2H3. The van der Waals surface area contributed by atoms with E-state index in [1.54, 1.807) is 24.5 Å². The van der Waals surface area contributed by atoms with Crippen LogP contribution in [0.3, 0.4) is 0 Å². The first kappa shape index (κ1) is 17.6. The first-order chi connectivity index (χ1) is 12.5. The molecule has 2 aromatic heterocycles. The lowest BCUT2D eigenvalue weighted by Gasteiger charge is -2.13. The van der Waals surface area contributed by atoms with E-state index in [1.165, 1.54) is 24.9 Å². The summed E-state index contributed by atoms with van der Waals surface area (Å²) in [6.45, 7) is 0.0956. The lowest BCUT2D eigenvalue weighted by atomic mass is 10.1. The van der Waals surface area contributed by atoms with Gasteiger partial charge < -0.3 is 0 Å². The summed E-state index contributed by atoms with van der Waals surface area (Å²) in [6.07, 6.45) is 3.15. The molecule has 0 radical (unpaired) electrons. The molecule has 0 unspecified atom stereocenters. The fourth-order valence-electron chi connectivity index (χ4n) is 2.40. The second kappa shape index (κ2) is 7.36. The van der Waals surface area contributed by atoms with E-state index in [0.717, 1.165) is 17.2 Å². The lowest BCUT2D eigenvalue weighted by Crippen LogP contribution is -2.26. The fourth-order valence-corrected chi connectivity index (χ4v) is 2.40. The minimum Gasteiger partial charge on any atom is -0.274 e. The minimum atomic E-state index is -0.957. The number of hydroxylamine groups is 2. The van der Waals surface area contributed by atoms with Crippen LogP contribution in [0.1, 0.15) is 16.1 Å². The maximum atomic E-state index is 13.5. The molecule has 0 aliphatic carbocycles. The Balaban J connectivity index is 2.06. The van der Waals surface area contributed by atoms with E-state index in [0.29, 0.717) is 16.8 Å². The van der Waals surface area contributed by atoms with Gasteiger partial charge in [0.1, 0.15) is 5.69 Å². The number of carbonyl (C=O) groups is 1. The van der Waals surface area contributed by atoms with E-state index in [9.17, 15) is 13.6 Å². The number of amides is 1. The maximum Gasteiger partial charge on any atom is 0.299 e. The van der Waals surface area contributed by atoms with Crippen molar-refractivity contribution in [2.75, 3.05) is 14.2 Å². The second-order valence-corrected chi connectivity index (χ2v) is 5.42. The summed E-state index contributed by atoms with van der Waals surface area (Å²) in [4.78, 5) is 21.4. The molecule has 0 aliphatic rings. The van der Waals surface area contributed by atoms with E-state index < -0.39 is 17.5 Å². The summed E-state index contributed by atoms with van der Waals surface area (Å²) >= 11 is 0. The van der Waals surface area contributed by atoms with Crippen molar-refractivity contribution in [1.29, 1.82) is 0 Å². The van der Waals surface area contributed by atoms with Gasteiger partial charge in [0.2, 0.25) is 0 Å². The molecule has 0 bridgehead atoms. The number of nitrogens with zero attached hydrogens (tertiary/aromatic N) is 5. The summed E-state index contributed by atoms with van der Waals surface area (Å²) in [7, 11) is 2.80. The Bertz CT molecular complexity index is 930. The molecular formula is C17H15F2N5O2. The Morgan fingerprint density at radius 2 is 2.08 bits per heavy atom. The van der Waals surface area contributed by atoms with Crippen LogP contribution in [0.2, 0.25) is 0 Å². The highest BCUT2D eigenvalue weighted by Gasteiger charge is 2.24. The Hall–Kier alpha value is -3.20. The summed E-state index contributed by atoms with van der Waals surface area (Å²) in [6, 6.07) is 7.01. The van der Waals surface area contributed by atoms with Gasteiger partial charge in [0.25, 0.3) is 5.91 Å². The zero-order valence-electron chi connectivity index (χ0n) is 14.1. The molecule has 7 nitrogen and oxygen atoms in total. The number of benzene rings is 1. The lowest BCUT2D eigenvalue weighted by molar-refractivity contribution is -0.0760. The van der Waals surface area contributed by atoms with Crippen LogP contribution < -0.4 is 0 Å². The van der Waals surface area contributed by atoms with Crippen molar-refractivity contribution in [1.82, 2.24) is 25.0 Å². The van der Waals surface area contributed by atoms with E-state index in [4.69, 9.17) is 4.84 Å². The first-order valence-electron chi connectivity index (χ1n) is 7.61. The van der Waals surface area contributed by atoms with Crippen LogP contribution >= 0.6 is 0 Å². The van der Waals surface area contributed by atoms with Gasteiger partial charge in [-0.25, -0.2) is 18.5 Å². The molecule has 3 rings (SSSR count). The monoisotopic (exact) mass is 359 g/mol. The summed E-state index contributed by atoms with van der Waals surface area (Å²) in [5.41, 5.74) is 1.53. The molecule has 26 heavy (non-hydrogen) atoms. The van der Waals surface area contributed by atoms with Gasteiger partial charge in [-0.2, -0.15) is 0 Å². The number of hydrogen-bond donors (Lipinski definition) is 0. The zero-order chi connectivity index (χ0) is 18.7. The van der Waals surface area contributed by atoms with Crippen molar-refractivity contribution in [3.05, 3.63) is 65.6 Å². The van der Waals surface area contributed by atoms with Gasteiger partial charge in [0, 0.05) is 25.0 Å². The van der Waals surface area contributed by atoms with Crippen LogP contribution in [0.5, 0.6) is 0 Å². The third-order valence-electron chi connectivity index (χ3n) is 3.75. The highest BCUT2D eigenvalue weighted by molar-refractivity contribution is 5.97. The van der Waals surface area contributed by atoms with Gasteiger partial charge in [-0.1, -0.05) is 11.3 Å². The third kappa shape index (κ3) is 3.42. The molecule has 134 valence electrons. The molecule has 0 saturated carbocycles. The highest BCUT2D eigenvalue weighted by atomic mass is 19.2. The summed E-state index contributed by atoms with van der Waals surface area (Å²) in [5, 5.41) is 8.96. The van der Waals surface area contributed by atoms with Crippen LogP contribution in [-0.4, -0.2) is 45.1 Å². The molecular weight excluding hydrogens is 344 g/mol. The molecule has 0 N–H and O–H groups in total. The van der Waals surface area contributed by atoms with Crippen LogP contribution in [-0.2, 0) is 11.4 Å². The predicted octanol–water partition coefficient (Wildman–Crippen LogP) is 2.30. The zero-order valence-corrected chi connectivity index (χ0v) is 14.1. The van der Waals surface area contributed by atoms with Gasteiger partial charge in [-0.05, 0) is 29.8 Å². The molecule has 3 aromatic rings. The molecule has 1 aromatic carbocycles. The molecule has 1 amide bonds. The van der Waals surface area contributed by atoms with Crippen LogP contribution in [0, 0.1) is 11.6 Å². The number of aromatic nitrogens is 4. The smallest absolute Gasteiger partial charge is 0.274 e. The third-order valence-corrected chi connectivity index (χ3v) is 3.75. The number of carbonyl (C=O) groups excluding carboxylic acids is 1. The second-order valence-electron chi connectivity index (χ2n) is 5.42. The van der Waals surface area contributed by atoms with Crippen LogP contribution in [0.25, 0.3) is 11.3 Å². The van der Waals surface area contributed by atoms with E-state index in [-0.39, 0.29) is 12.2 Å². The number of hydrogen-bond acceptors (Lipinski definition) is 5. The number of rotatable bonds is 5. The van der Waals surface area contributed by atoms with Crippen LogP contribution in [0.4, 0.5) is 8.78 Å². The normalized spacial score (nSPS) is 10.8. The SMILES string of the molecule is CON(C)C(=O)c1nnn(Cc2ccc(F)c(F)c2)c1-c1cccnc1. The molecule has 0 aliphatic heterocycles. The van der Waals surface area contributed by atoms with Gasteiger partial charge >= 0.3 is 0 Å². The Labute approximate surface area is 147 Å². The Kier molecular flexibility index (Phi) is 4.99. The molecule has 0 spiro atoms.